The Balaban J connectivity index is 1.55. The van der Waals surface area contributed by atoms with Crippen LogP contribution in [0.15, 0.2) is 24.3 Å². The quantitative estimate of drug-likeness (QED) is 0.889. The predicted octanol–water partition coefficient (Wildman–Crippen LogP) is 2.48. The fraction of sp³-hybridized carbons (Fsp3) is 0.632. The van der Waals surface area contributed by atoms with Gasteiger partial charge in [0.25, 0.3) is 0 Å². The maximum absolute atomic E-state index is 12.5. The second kappa shape index (κ2) is 7.95. The van der Waals surface area contributed by atoms with Gasteiger partial charge in [-0.05, 0) is 38.8 Å². The molecule has 138 valence electrons. The molecule has 25 heavy (non-hydrogen) atoms. The summed E-state index contributed by atoms with van der Waals surface area (Å²) in [7, 11) is 1.82. The summed E-state index contributed by atoms with van der Waals surface area (Å²) in [6, 6.07) is 8.02. The van der Waals surface area contributed by atoms with Crippen molar-refractivity contribution in [2.75, 3.05) is 38.2 Å². The molecule has 1 aromatic carbocycles. The van der Waals surface area contributed by atoms with Crippen molar-refractivity contribution in [3.8, 4) is 5.75 Å². The van der Waals surface area contributed by atoms with Crippen LogP contribution in [0.4, 0.5) is 10.5 Å². The highest BCUT2D eigenvalue weighted by molar-refractivity contribution is 5.74. The fourth-order valence-electron chi connectivity index (χ4n) is 3.56. The van der Waals surface area contributed by atoms with E-state index in [0.717, 1.165) is 44.0 Å². The van der Waals surface area contributed by atoms with E-state index in [1.165, 1.54) is 0 Å². The molecule has 6 heteroatoms. The van der Waals surface area contributed by atoms with Gasteiger partial charge in [0.2, 0.25) is 0 Å². The average molecular weight is 347 g/mol. The van der Waals surface area contributed by atoms with Crippen LogP contribution in [0.3, 0.4) is 0 Å². The van der Waals surface area contributed by atoms with Crippen molar-refractivity contribution in [1.29, 1.82) is 0 Å². The molecule has 0 aromatic heterocycles. The highest BCUT2D eigenvalue weighted by Gasteiger charge is 2.28. The van der Waals surface area contributed by atoms with E-state index >= 15 is 0 Å². The van der Waals surface area contributed by atoms with Crippen LogP contribution in [0.25, 0.3) is 0 Å². The van der Waals surface area contributed by atoms with Crippen LogP contribution in [-0.4, -0.2) is 62.5 Å². The van der Waals surface area contributed by atoms with Crippen LogP contribution >= 0.6 is 0 Å². The molecule has 2 aliphatic rings. The first-order valence-electron chi connectivity index (χ1n) is 9.22. The van der Waals surface area contributed by atoms with E-state index in [2.05, 4.69) is 23.2 Å². The largest absolute Gasteiger partial charge is 0.485 e. The summed E-state index contributed by atoms with van der Waals surface area (Å²) in [5, 5.41) is 3.05. The zero-order chi connectivity index (χ0) is 17.8. The van der Waals surface area contributed by atoms with Crippen LogP contribution in [0.1, 0.15) is 26.7 Å². The van der Waals surface area contributed by atoms with Gasteiger partial charge in [0.05, 0.1) is 30.9 Å². The zero-order valence-corrected chi connectivity index (χ0v) is 15.4. The van der Waals surface area contributed by atoms with E-state index in [4.69, 9.17) is 9.47 Å². The first kappa shape index (κ1) is 17.9. The molecule has 2 heterocycles. The number of carbonyl (C=O) groups is 1. The summed E-state index contributed by atoms with van der Waals surface area (Å²) in [6.07, 6.45) is 2.18. The smallest absolute Gasteiger partial charge is 0.317 e. The lowest BCUT2D eigenvalue weighted by molar-refractivity contribution is 0.0822. The van der Waals surface area contributed by atoms with Gasteiger partial charge in [0.1, 0.15) is 11.9 Å². The van der Waals surface area contributed by atoms with E-state index in [9.17, 15) is 4.79 Å². The molecule has 1 saturated heterocycles. The lowest BCUT2D eigenvalue weighted by Gasteiger charge is -2.37. The number of benzene rings is 1. The molecule has 1 fully saturated rings. The Hall–Kier alpha value is -1.95. The minimum atomic E-state index is -0.0755. The van der Waals surface area contributed by atoms with E-state index in [1.807, 2.05) is 32.2 Å². The lowest BCUT2D eigenvalue weighted by Crippen LogP contribution is -2.51. The number of fused-ring (bicyclic) bond motifs is 1. The van der Waals surface area contributed by atoms with Crippen molar-refractivity contribution >= 4 is 11.7 Å². The molecule has 2 amide bonds. The fourth-order valence-corrected chi connectivity index (χ4v) is 3.56. The second-order valence-corrected chi connectivity index (χ2v) is 6.92. The Kier molecular flexibility index (Phi) is 5.68. The van der Waals surface area contributed by atoms with Crippen molar-refractivity contribution in [3.05, 3.63) is 24.3 Å². The summed E-state index contributed by atoms with van der Waals surface area (Å²) >= 11 is 0. The molecule has 0 aliphatic carbocycles. The number of urea groups is 1. The molecule has 0 spiro atoms. The van der Waals surface area contributed by atoms with Gasteiger partial charge in [-0.2, -0.15) is 0 Å². The van der Waals surface area contributed by atoms with Crippen molar-refractivity contribution in [3.63, 3.8) is 0 Å². The number of likely N-dealkylation sites (N-methyl/N-ethyl adjacent to an activating group) is 2. The highest BCUT2D eigenvalue weighted by atomic mass is 16.5. The number of nitrogens with one attached hydrogen (secondary N) is 1. The van der Waals surface area contributed by atoms with Crippen LogP contribution in [0.5, 0.6) is 5.75 Å². The maximum Gasteiger partial charge on any atom is 0.317 e. The maximum atomic E-state index is 12.5. The van der Waals surface area contributed by atoms with Gasteiger partial charge in [-0.3, -0.25) is 0 Å². The van der Waals surface area contributed by atoms with E-state index in [1.54, 1.807) is 4.90 Å². The SMILES string of the molecule is CCN1CC(CN(C)C(=O)NC(C)C2CCCO2)Oc2ccccc21. The normalized spacial score (nSPS) is 23.6. The molecule has 3 rings (SSSR count). The standard InChI is InChI=1S/C19H29N3O3/c1-4-22-13-15(25-18-9-6-5-8-16(18)22)12-21(3)19(23)20-14(2)17-10-7-11-24-17/h5-6,8-9,14-15,17H,4,7,10-13H2,1-3H3,(H,20,23). The molecule has 2 aliphatic heterocycles. The molecular weight excluding hydrogens is 318 g/mol. The number of amides is 2. The van der Waals surface area contributed by atoms with Crippen LogP contribution in [0.2, 0.25) is 0 Å². The van der Waals surface area contributed by atoms with Crippen molar-refractivity contribution in [2.45, 2.75) is 44.9 Å². The molecule has 0 saturated carbocycles. The minimum Gasteiger partial charge on any atom is -0.485 e. The molecular formula is C19H29N3O3. The Morgan fingerprint density at radius 1 is 1.44 bits per heavy atom. The van der Waals surface area contributed by atoms with Gasteiger partial charge in [-0.15, -0.1) is 0 Å². The van der Waals surface area contributed by atoms with Crippen LogP contribution < -0.4 is 15.0 Å². The Morgan fingerprint density at radius 3 is 2.96 bits per heavy atom. The van der Waals surface area contributed by atoms with Gasteiger partial charge in [0, 0.05) is 20.2 Å². The van der Waals surface area contributed by atoms with Gasteiger partial charge in [-0.1, -0.05) is 12.1 Å². The highest BCUT2D eigenvalue weighted by Crippen LogP contribution is 2.32. The monoisotopic (exact) mass is 347 g/mol. The Bertz CT molecular complexity index is 589. The van der Waals surface area contributed by atoms with Crippen molar-refractivity contribution < 1.29 is 14.3 Å². The first-order valence-corrected chi connectivity index (χ1v) is 9.22. The Morgan fingerprint density at radius 2 is 2.24 bits per heavy atom. The summed E-state index contributed by atoms with van der Waals surface area (Å²) in [5.74, 6) is 0.891. The van der Waals surface area contributed by atoms with Gasteiger partial charge in [-0.25, -0.2) is 4.79 Å². The van der Waals surface area contributed by atoms with Gasteiger partial charge < -0.3 is 24.6 Å². The summed E-state index contributed by atoms with van der Waals surface area (Å²) in [6.45, 7) is 7.19. The minimum absolute atomic E-state index is 0.0255. The van der Waals surface area contributed by atoms with Gasteiger partial charge in [0.15, 0.2) is 0 Å². The number of nitrogens with zero attached hydrogens (tertiary/aromatic N) is 2. The van der Waals surface area contributed by atoms with Crippen molar-refractivity contribution in [2.24, 2.45) is 0 Å². The van der Waals surface area contributed by atoms with E-state index in [0.29, 0.717) is 6.54 Å². The van der Waals surface area contributed by atoms with E-state index < -0.39 is 0 Å². The third-order valence-corrected chi connectivity index (χ3v) is 5.00. The number of hydrogen-bond donors (Lipinski definition) is 1. The molecule has 0 radical (unpaired) electrons. The summed E-state index contributed by atoms with van der Waals surface area (Å²) in [4.78, 5) is 16.5. The number of hydrogen-bond acceptors (Lipinski definition) is 4. The zero-order valence-electron chi connectivity index (χ0n) is 15.4. The Labute approximate surface area is 150 Å². The first-order chi connectivity index (χ1) is 12.1. The number of para-hydroxylation sites is 2. The predicted molar refractivity (Wildman–Crippen MR) is 98.3 cm³/mol. The van der Waals surface area contributed by atoms with Crippen molar-refractivity contribution in [1.82, 2.24) is 10.2 Å². The number of carbonyl (C=O) groups excluding carboxylic acids is 1. The second-order valence-electron chi connectivity index (χ2n) is 6.92. The topological polar surface area (TPSA) is 54.0 Å². The third-order valence-electron chi connectivity index (χ3n) is 5.00. The van der Waals surface area contributed by atoms with E-state index in [-0.39, 0.29) is 24.3 Å². The summed E-state index contributed by atoms with van der Waals surface area (Å²) < 4.78 is 11.7. The molecule has 1 N–H and O–H groups in total. The average Bonchev–Trinajstić information content (AvgIpc) is 3.15. The molecule has 1 aromatic rings. The number of rotatable bonds is 5. The van der Waals surface area contributed by atoms with Crippen LogP contribution in [0, 0.1) is 0 Å². The summed E-state index contributed by atoms with van der Waals surface area (Å²) in [5.41, 5.74) is 1.13. The molecule has 3 atom stereocenters. The molecule has 6 nitrogen and oxygen atoms in total. The molecule has 0 bridgehead atoms. The number of ether oxygens (including phenoxy) is 2. The molecule has 3 unspecified atom stereocenters. The number of anilines is 1. The van der Waals surface area contributed by atoms with Crippen LogP contribution in [-0.2, 0) is 4.74 Å². The lowest BCUT2D eigenvalue weighted by atomic mass is 10.1. The third kappa shape index (κ3) is 4.18. The van der Waals surface area contributed by atoms with Gasteiger partial charge >= 0.3 is 6.03 Å².